The average molecular weight is 355 g/mol. The van der Waals surface area contributed by atoms with Crippen molar-refractivity contribution in [3.63, 3.8) is 0 Å². The van der Waals surface area contributed by atoms with E-state index in [2.05, 4.69) is 31.2 Å². The van der Waals surface area contributed by atoms with Crippen LogP contribution in [0.4, 0.5) is 0 Å². The number of benzene rings is 2. The Bertz CT molecular complexity index is 973. The predicted molar refractivity (Wildman–Crippen MR) is 87.1 cm³/mol. The van der Waals surface area contributed by atoms with Crippen LogP contribution in [0.5, 0.6) is 0 Å². The summed E-state index contributed by atoms with van der Waals surface area (Å²) in [6.07, 6.45) is 0. The normalized spacial score (nSPS) is 11.2. The molecule has 0 unspecified atom stereocenters. The first kappa shape index (κ1) is 13.2. The quantitative estimate of drug-likeness (QED) is 0.544. The molecule has 0 saturated heterocycles. The second-order valence-corrected chi connectivity index (χ2v) is 5.83. The summed E-state index contributed by atoms with van der Waals surface area (Å²) in [5.74, 6) is 0.901. The molecule has 108 valence electrons. The summed E-state index contributed by atoms with van der Waals surface area (Å²) < 4.78 is 8.59. The van der Waals surface area contributed by atoms with Crippen LogP contribution in [0.15, 0.2) is 57.4 Å². The van der Waals surface area contributed by atoms with Crippen LogP contribution in [0.1, 0.15) is 0 Å². The molecule has 0 spiro atoms. The van der Waals surface area contributed by atoms with E-state index in [-0.39, 0.29) is 0 Å². The smallest absolute Gasteiger partial charge is 0.269 e. The van der Waals surface area contributed by atoms with Gasteiger partial charge in [-0.1, -0.05) is 40.2 Å². The van der Waals surface area contributed by atoms with Crippen molar-refractivity contribution in [1.82, 2.24) is 20.0 Å². The second kappa shape index (κ2) is 5.06. The molecule has 0 radical (unpaired) electrons. The number of aromatic nitrogens is 4. The summed E-state index contributed by atoms with van der Waals surface area (Å²) in [6, 6.07) is 15.7. The monoisotopic (exact) mass is 354 g/mol. The van der Waals surface area contributed by atoms with Crippen molar-refractivity contribution in [2.24, 2.45) is 7.05 Å². The third-order valence-electron chi connectivity index (χ3n) is 3.46. The highest BCUT2D eigenvalue weighted by Crippen LogP contribution is 2.29. The Kier molecular flexibility index (Phi) is 3.04. The van der Waals surface area contributed by atoms with Crippen molar-refractivity contribution in [2.45, 2.75) is 0 Å². The molecule has 2 heterocycles. The standard InChI is InChI=1S/C16H11BrN4O/c1-21-13-8-3-2-7-12(13)14(20-21)16-19-18-15(22-16)10-5-4-6-11(17)9-10/h2-9H,1H3. The number of halogens is 1. The van der Waals surface area contributed by atoms with Gasteiger partial charge in [-0.2, -0.15) is 5.10 Å². The van der Waals surface area contributed by atoms with Crippen molar-refractivity contribution in [3.05, 3.63) is 53.0 Å². The highest BCUT2D eigenvalue weighted by Gasteiger charge is 2.17. The predicted octanol–water partition coefficient (Wildman–Crippen LogP) is 4.05. The van der Waals surface area contributed by atoms with E-state index in [0.29, 0.717) is 17.5 Å². The molecule has 4 aromatic rings. The molecule has 2 aromatic carbocycles. The van der Waals surface area contributed by atoms with Gasteiger partial charge in [0.25, 0.3) is 5.89 Å². The Hall–Kier alpha value is -2.47. The summed E-state index contributed by atoms with van der Waals surface area (Å²) in [7, 11) is 1.90. The number of aryl methyl sites for hydroxylation is 1. The Morgan fingerprint density at radius 3 is 2.68 bits per heavy atom. The molecule has 0 atom stereocenters. The van der Waals surface area contributed by atoms with Crippen molar-refractivity contribution >= 4 is 26.8 Å². The Balaban J connectivity index is 1.84. The summed E-state index contributed by atoms with van der Waals surface area (Å²) in [5.41, 5.74) is 2.60. The van der Waals surface area contributed by atoms with Gasteiger partial charge in [0.05, 0.1) is 5.52 Å². The molecule has 4 rings (SSSR count). The van der Waals surface area contributed by atoms with Crippen LogP contribution in [-0.4, -0.2) is 20.0 Å². The fraction of sp³-hybridized carbons (Fsp3) is 0.0625. The fourth-order valence-electron chi connectivity index (χ4n) is 2.43. The molecule has 22 heavy (non-hydrogen) atoms. The summed E-state index contributed by atoms with van der Waals surface area (Å²) in [4.78, 5) is 0. The maximum absolute atomic E-state index is 5.81. The molecular formula is C16H11BrN4O. The average Bonchev–Trinajstić information content (AvgIpc) is 3.13. The van der Waals surface area contributed by atoms with Crippen LogP contribution in [0.2, 0.25) is 0 Å². The number of hydrogen-bond donors (Lipinski definition) is 0. The lowest BCUT2D eigenvalue weighted by Gasteiger charge is -1.94. The van der Waals surface area contributed by atoms with E-state index >= 15 is 0 Å². The van der Waals surface area contributed by atoms with Crippen LogP contribution in [0, 0.1) is 0 Å². The van der Waals surface area contributed by atoms with Crippen LogP contribution >= 0.6 is 15.9 Å². The molecule has 0 saturated carbocycles. The number of hydrogen-bond acceptors (Lipinski definition) is 4. The van der Waals surface area contributed by atoms with Gasteiger partial charge < -0.3 is 4.42 Å². The van der Waals surface area contributed by atoms with Gasteiger partial charge in [0.2, 0.25) is 5.89 Å². The molecular weight excluding hydrogens is 344 g/mol. The van der Waals surface area contributed by atoms with E-state index in [4.69, 9.17) is 4.42 Å². The molecule has 2 aromatic heterocycles. The lowest BCUT2D eigenvalue weighted by atomic mass is 10.2. The molecule has 0 aliphatic carbocycles. The second-order valence-electron chi connectivity index (χ2n) is 4.91. The third-order valence-corrected chi connectivity index (χ3v) is 3.95. The van der Waals surface area contributed by atoms with E-state index in [0.717, 1.165) is 20.9 Å². The lowest BCUT2D eigenvalue weighted by Crippen LogP contribution is -1.89. The summed E-state index contributed by atoms with van der Waals surface area (Å²) in [5, 5.41) is 13.8. The van der Waals surface area contributed by atoms with E-state index < -0.39 is 0 Å². The topological polar surface area (TPSA) is 56.7 Å². The Morgan fingerprint density at radius 1 is 1.00 bits per heavy atom. The maximum atomic E-state index is 5.81. The number of nitrogens with zero attached hydrogens (tertiary/aromatic N) is 4. The third kappa shape index (κ3) is 2.12. The van der Waals surface area contributed by atoms with Crippen molar-refractivity contribution < 1.29 is 4.42 Å². The first-order chi connectivity index (χ1) is 10.7. The fourth-order valence-corrected chi connectivity index (χ4v) is 2.83. The molecule has 0 N–H and O–H groups in total. The summed E-state index contributed by atoms with van der Waals surface area (Å²) >= 11 is 3.44. The minimum atomic E-state index is 0.423. The Morgan fingerprint density at radius 2 is 1.82 bits per heavy atom. The zero-order valence-corrected chi connectivity index (χ0v) is 13.3. The first-order valence-corrected chi connectivity index (χ1v) is 7.53. The summed E-state index contributed by atoms with van der Waals surface area (Å²) in [6.45, 7) is 0. The van der Waals surface area contributed by atoms with Gasteiger partial charge in [-0.15, -0.1) is 10.2 Å². The molecule has 0 bridgehead atoms. The largest absolute Gasteiger partial charge is 0.415 e. The highest BCUT2D eigenvalue weighted by atomic mass is 79.9. The van der Waals surface area contributed by atoms with E-state index in [9.17, 15) is 0 Å². The van der Waals surface area contributed by atoms with Gasteiger partial charge in [0.15, 0.2) is 5.69 Å². The number of fused-ring (bicyclic) bond motifs is 1. The zero-order chi connectivity index (χ0) is 15.1. The molecule has 5 nitrogen and oxygen atoms in total. The molecule has 0 aliphatic rings. The van der Waals surface area contributed by atoms with Crippen molar-refractivity contribution in [2.75, 3.05) is 0 Å². The van der Waals surface area contributed by atoms with Crippen LogP contribution in [-0.2, 0) is 7.05 Å². The van der Waals surface area contributed by atoms with E-state index in [1.807, 2.05) is 60.3 Å². The molecule has 0 fully saturated rings. The van der Waals surface area contributed by atoms with Gasteiger partial charge in [-0.3, -0.25) is 4.68 Å². The van der Waals surface area contributed by atoms with Gasteiger partial charge in [-0.25, -0.2) is 0 Å². The van der Waals surface area contributed by atoms with Crippen molar-refractivity contribution in [1.29, 1.82) is 0 Å². The lowest BCUT2D eigenvalue weighted by molar-refractivity contribution is 0.580. The van der Waals surface area contributed by atoms with Crippen LogP contribution < -0.4 is 0 Å². The van der Waals surface area contributed by atoms with Crippen molar-refractivity contribution in [3.8, 4) is 23.0 Å². The Labute approximate surface area is 134 Å². The highest BCUT2D eigenvalue weighted by molar-refractivity contribution is 9.10. The van der Waals surface area contributed by atoms with Gasteiger partial charge in [0.1, 0.15) is 0 Å². The minimum Gasteiger partial charge on any atom is -0.415 e. The molecule has 6 heteroatoms. The van der Waals surface area contributed by atoms with Gasteiger partial charge >= 0.3 is 0 Å². The van der Waals surface area contributed by atoms with Crippen LogP contribution in [0.25, 0.3) is 33.9 Å². The SMILES string of the molecule is Cn1nc(-c2nnc(-c3cccc(Br)c3)o2)c2ccccc21. The maximum Gasteiger partial charge on any atom is 0.269 e. The van der Waals surface area contributed by atoms with Crippen LogP contribution in [0.3, 0.4) is 0 Å². The zero-order valence-electron chi connectivity index (χ0n) is 11.7. The molecule has 0 amide bonds. The van der Waals surface area contributed by atoms with E-state index in [1.165, 1.54) is 0 Å². The van der Waals surface area contributed by atoms with Gasteiger partial charge in [0, 0.05) is 22.5 Å². The number of rotatable bonds is 2. The van der Waals surface area contributed by atoms with E-state index in [1.54, 1.807) is 0 Å². The first-order valence-electron chi connectivity index (χ1n) is 6.74. The minimum absolute atomic E-state index is 0.423. The van der Waals surface area contributed by atoms with Gasteiger partial charge in [-0.05, 0) is 24.3 Å². The molecule has 0 aliphatic heterocycles. The number of para-hydroxylation sites is 1.